The smallest absolute Gasteiger partial charge is 0.417 e. The molecule has 1 saturated heterocycles. The van der Waals surface area contributed by atoms with E-state index in [1.165, 1.54) is 18.2 Å². The third kappa shape index (κ3) is 3.50. The molecular weight excluding hydrogens is 335 g/mol. The topological polar surface area (TPSA) is 46.6 Å². The van der Waals surface area contributed by atoms with Crippen molar-refractivity contribution in [2.24, 2.45) is 0 Å². The summed E-state index contributed by atoms with van der Waals surface area (Å²) in [6, 6.07) is 12.9. The van der Waals surface area contributed by atoms with Gasteiger partial charge in [-0.25, -0.2) is 9.69 Å². The van der Waals surface area contributed by atoms with Crippen molar-refractivity contribution < 1.29 is 27.5 Å². The van der Waals surface area contributed by atoms with E-state index >= 15 is 0 Å². The van der Waals surface area contributed by atoms with Crippen LogP contribution in [0.4, 0.5) is 18.0 Å². The predicted octanol–water partition coefficient (Wildman–Crippen LogP) is 3.97. The lowest BCUT2D eigenvalue weighted by molar-refractivity contribution is -0.138. The highest BCUT2D eigenvalue weighted by Crippen LogP contribution is 2.33. The van der Waals surface area contributed by atoms with E-state index in [-0.39, 0.29) is 12.2 Å². The second-order valence-corrected chi connectivity index (χ2v) is 5.60. The minimum atomic E-state index is -4.57. The maximum atomic E-state index is 13.1. The molecule has 3 rings (SSSR count). The monoisotopic (exact) mass is 349 g/mol. The Bertz CT molecular complexity index is 790. The van der Waals surface area contributed by atoms with Crippen molar-refractivity contribution in [1.82, 2.24) is 4.90 Å². The number of benzene rings is 2. The predicted molar refractivity (Wildman–Crippen MR) is 82.5 cm³/mol. The molecule has 2 aromatic carbocycles. The Balaban J connectivity index is 1.87. The molecule has 0 unspecified atom stereocenters. The Morgan fingerprint density at radius 2 is 1.72 bits per heavy atom. The number of carbonyl (C=O) groups is 2. The average molecular weight is 349 g/mol. The Hall–Kier alpha value is -2.83. The summed E-state index contributed by atoms with van der Waals surface area (Å²) >= 11 is 0. The molecule has 25 heavy (non-hydrogen) atoms. The van der Waals surface area contributed by atoms with Gasteiger partial charge in [0.15, 0.2) is 0 Å². The SMILES string of the molecule is O=C(Cc1ccccc1C(F)(F)F)N1C(=O)OC[C@@H]1c1ccccc1. The number of amides is 2. The molecule has 4 nitrogen and oxygen atoms in total. The Labute approximate surface area is 141 Å². The van der Waals surface area contributed by atoms with Gasteiger partial charge >= 0.3 is 12.3 Å². The molecular formula is C18H14F3NO3. The summed E-state index contributed by atoms with van der Waals surface area (Å²) < 4.78 is 44.2. The van der Waals surface area contributed by atoms with E-state index in [2.05, 4.69) is 0 Å². The normalized spacial score (nSPS) is 17.5. The highest BCUT2D eigenvalue weighted by molar-refractivity contribution is 5.94. The molecule has 0 saturated carbocycles. The summed E-state index contributed by atoms with van der Waals surface area (Å²) in [4.78, 5) is 25.4. The maximum Gasteiger partial charge on any atom is 0.417 e. The van der Waals surface area contributed by atoms with Gasteiger partial charge in [-0.05, 0) is 17.2 Å². The first kappa shape index (κ1) is 17.0. The zero-order chi connectivity index (χ0) is 18.0. The molecule has 130 valence electrons. The number of imide groups is 1. The highest BCUT2D eigenvalue weighted by atomic mass is 19.4. The molecule has 0 aromatic heterocycles. The molecule has 1 aliphatic heterocycles. The first-order chi connectivity index (χ1) is 11.9. The van der Waals surface area contributed by atoms with Crippen LogP contribution >= 0.6 is 0 Å². The summed E-state index contributed by atoms with van der Waals surface area (Å²) in [6.07, 6.45) is -5.95. The largest absolute Gasteiger partial charge is 0.446 e. The van der Waals surface area contributed by atoms with Crippen LogP contribution in [0.25, 0.3) is 0 Å². The van der Waals surface area contributed by atoms with Gasteiger partial charge in [-0.2, -0.15) is 13.2 Å². The summed E-state index contributed by atoms with van der Waals surface area (Å²) in [5.74, 6) is -0.729. The maximum absolute atomic E-state index is 13.1. The zero-order valence-electron chi connectivity index (χ0n) is 13.0. The Morgan fingerprint density at radius 3 is 2.40 bits per heavy atom. The highest BCUT2D eigenvalue weighted by Gasteiger charge is 2.40. The van der Waals surface area contributed by atoms with Gasteiger partial charge in [0.25, 0.3) is 0 Å². The quantitative estimate of drug-likeness (QED) is 0.842. The Morgan fingerprint density at radius 1 is 1.08 bits per heavy atom. The third-order valence-corrected chi connectivity index (χ3v) is 3.99. The van der Waals surface area contributed by atoms with E-state index in [1.807, 2.05) is 0 Å². The molecule has 1 fully saturated rings. The number of ether oxygens (including phenoxy) is 1. The van der Waals surface area contributed by atoms with Crippen molar-refractivity contribution in [3.8, 4) is 0 Å². The third-order valence-electron chi connectivity index (χ3n) is 3.99. The van der Waals surface area contributed by atoms with Crippen molar-refractivity contribution in [3.05, 3.63) is 71.3 Å². The van der Waals surface area contributed by atoms with Crippen LogP contribution in [0.15, 0.2) is 54.6 Å². The van der Waals surface area contributed by atoms with Crippen LogP contribution < -0.4 is 0 Å². The van der Waals surface area contributed by atoms with Crippen LogP contribution in [0, 0.1) is 0 Å². The lowest BCUT2D eigenvalue weighted by Gasteiger charge is -2.21. The van der Waals surface area contributed by atoms with E-state index < -0.39 is 36.2 Å². The molecule has 2 amide bonds. The van der Waals surface area contributed by atoms with E-state index in [1.54, 1.807) is 30.3 Å². The molecule has 0 spiro atoms. The van der Waals surface area contributed by atoms with Gasteiger partial charge < -0.3 is 4.74 Å². The molecule has 0 bridgehead atoms. The summed E-state index contributed by atoms with van der Waals surface area (Å²) in [6.45, 7) is -0.0183. The average Bonchev–Trinajstić information content (AvgIpc) is 2.97. The van der Waals surface area contributed by atoms with Gasteiger partial charge in [0.2, 0.25) is 5.91 Å². The molecule has 1 heterocycles. The van der Waals surface area contributed by atoms with Gasteiger partial charge in [0.05, 0.1) is 12.0 Å². The van der Waals surface area contributed by atoms with Crippen LogP contribution in [0.1, 0.15) is 22.7 Å². The summed E-state index contributed by atoms with van der Waals surface area (Å²) in [7, 11) is 0. The first-order valence-corrected chi connectivity index (χ1v) is 7.57. The fourth-order valence-electron chi connectivity index (χ4n) is 2.82. The summed E-state index contributed by atoms with van der Waals surface area (Å²) in [5.41, 5.74) is -0.371. The van der Waals surface area contributed by atoms with Crippen molar-refractivity contribution in [3.63, 3.8) is 0 Å². The van der Waals surface area contributed by atoms with Gasteiger partial charge in [-0.3, -0.25) is 4.79 Å². The minimum Gasteiger partial charge on any atom is -0.446 e. The van der Waals surface area contributed by atoms with Crippen LogP contribution in [0.3, 0.4) is 0 Å². The van der Waals surface area contributed by atoms with Crippen LogP contribution in [-0.4, -0.2) is 23.5 Å². The fourth-order valence-corrected chi connectivity index (χ4v) is 2.82. The minimum absolute atomic E-state index is 0.0183. The van der Waals surface area contributed by atoms with Gasteiger partial charge in [0, 0.05) is 0 Å². The van der Waals surface area contributed by atoms with Crippen molar-refractivity contribution >= 4 is 12.0 Å². The molecule has 7 heteroatoms. The number of hydrogen-bond acceptors (Lipinski definition) is 3. The van der Waals surface area contributed by atoms with E-state index in [0.717, 1.165) is 11.0 Å². The van der Waals surface area contributed by atoms with Gasteiger partial charge in [-0.1, -0.05) is 48.5 Å². The fraction of sp³-hybridized carbons (Fsp3) is 0.222. The zero-order valence-corrected chi connectivity index (χ0v) is 13.0. The standard InChI is InChI=1S/C18H14F3NO3/c19-18(20,21)14-9-5-4-8-13(14)10-16(23)22-15(11-25-17(22)24)12-6-2-1-3-7-12/h1-9,15H,10-11H2/t15-/m1/s1. The molecule has 0 radical (unpaired) electrons. The number of hydrogen-bond donors (Lipinski definition) is 0. The lowest BCUT2D eigenvalue weighted by Crippen LogP contribution is -2.35. The number of alkyl halides is 3. The van der Waals surface area contributed by atoms with Crippen molar-refractivity contribution in [2.45, 2.75) is 18.6 Å². The molecule has 1 aliphatic rings. The van der Waals surface area contributed by atoms with E-state index in [0.29, 0.717) is 5.56 Å². The second-order valence-electron chi connectivity index (χ2n) is 5.60. The number of cyclic esters (lactones) is 1. The lowest BCUT2D eigenvalue weighted by atomic mass is 10.0. The second kappa shape index (κ2) is 6.58. The summed E-state index contributed by atoms with van der Waals surface area (Å²) in [5, 5.41) is 0. The van der Waals surface area contributed by atoms with Crippen molar-refractivity contribution in [1.29, 1.82) is 0 Å². The number of halogens is 3. The molecule has 2 aromatic rings. The van der Waals surface area contributed by atoms with Gasteiger partial charge in [-0.15, -0.1) is 0 Å². The van der Waals surface area contributed by atoms with Crippen LogP contribution in [0.5, 0.6) is 0 Å². The van der Waals surface area contributed by atoms with Gasteiger partial charge in [0.1, 0.15) is 12.6 Å². The van der Waals surface area contributed by atoms with Crippen LogP contribution in [-0.2, 0) is 22.1 Å². The van der Waals surface area contributed by atoms with Crippen molar-refractivity contribution in [2.75, 3.05) is 6.61 Å². The van der Waals surface area contributed by atoms with Crippen LogP contribution in [0.2, 0.25) is 0 Å². The number of carbonyl (C=O) groups excluding carboxylic acids is 2. The van der Waals surface area contributed by atoms with E-state index in [9.17, 15) is 22.8 Å². The molecule has 1 atom stereocenters. The number of nitrogens with zero attached hydrogens (tertiary/aromatic N) is 1. The number of rotatable bonds is 3. The Kier molecular flexibility index (Phi) is 4.48. The first-order valence-electron chi connectivity index (χ1n) is 7.57. The van der Waals surface area contributed by atoms with E-state index in [4.69, 9.17) is 4.74 Å². The molecule has 0 N–H and O–H groups in total. The molecule has 0 aliphatic carbocycles.